The van der Waals surface area contributed by atoms with Crippen molar-refractivity contribution in [2.45, 2.75) is 50.2 Å². The van der Waals surface area contributed by atoms with Gasteiger partial charge in [0.15, 0.2) is 11.5 Å². The van der Waals surface area contributed by atoms with Gasteiger partial charge in [-0.15, -0.1) is 0 Å². The standard InChI is InChI=1S/C26H31Cl2N3O5/c1-34-21-10-15(11-22(35-2)25(21)36-3)26(33)29-16-12-17-6-4-7-18(13-16)31(17)14-23(32)30-24-19(27)8-5-9-20(24)28/h5,8-11,16-18H,4,6-7,12-14H2,1-3H3,(H,29,33)(H,30,32)/t16?,17-,18+. The van der Waals surface area contributed by atoms with Gasteiger partial charge >= 0.3 is 0 Å². The van der Waals surface area contributed by atoms with Crippen molar-refractivity contribution in [3.63, 3.8) is 0 Å². The van der Waals surface area contributed by atoms with E-state index < -0.39 is 0 Å². The highest BCUT2D eigenvalue weighted by molar-refractivity contribution is 6.39. The second-order valence-corrected chi connectivity index (χ2v) is 9.93. The highest BCUT2D eigenvalue weighted by Crippen LogP contribution is 2.39. The molecule has 0 saturated carbocycles. The van der Waals surface area contributed by atoms with Gasteiger partial charge in [0.2, 0.25) is 11.7 Å². The molecule has 0 aromatic heterocycles. The van der Waals surface area contributed by atoms with Crippen LogP contribution in [0.15, 0.2) is 30.3 Å². The number of amides is 2. The van der Waals surface area contributed by atoms with E-state index in [-0.39, 0.29) is 36.5 Å². The van der Waals surface area contributed by atoms with E-state index in [1.54, 1.807) is 30.3 Å². The lowest BCUT2D eigenvalue weighted by atomic mass is 9.81. The largest absolute Gasteiger partial charge is 0.493 e. The van der Waals surface area contributed by atoms with E-state index in [1.807, 2.05) is 0 Å². The number of methoxy groups -OCH3 is 3. The van der Waals surface area contributed by atoms with Crippen LogP contribution in [0.1, 0.15) is 42.5 Å². The van der Waals surface area contributed by atoms with Gasteiger partial charge in [-0.05, 0) is 49.9 Å². The molecule has 194 valence electrons. The fraction of sp³-hybridized carbons (Fsp3) is 0.462. The Morgan fingerprint density at radius 2 is 1.56 bits per heavy atom. The first kappa shape index (κ1) is 26.4. The van der Waals surface area contributed by atoms with Gasteiger partial charge in [0.1, 0.15) is 0 Å². The third-order valence-corrected chi connectivity index (χ3v) is 7.57. The Hall–Kier alpha value is -2.68. The molecule has 0 radical (unpaired) electrons. The predicted molar refractivity (Wildman–Crippen MR) is 140 cm³/mol. The Balaban J connectivity index is 1.41. The molecule has 0 spiro atoms. The molecule has 3 atom stereocenters. The van der Waals surface area contributed by atoms with Gasteiger partial charge in [-0.1, -0.05) is 35.7 Å². The zero-order chi connectivity index (χ0) is 25.8. The molecular weight excluding hydrogens is 505 g/mol. The number of anilines is 1. The average Bonchev–Trinajstić information content (AvgIpc) is 2.85. The zero-order valence-electron chi connectivity index (χ0n) is 20.6. The summed E-state index contributed by atoms with van der Waals surface area (Å²) in [5.41, 5.74) is 0.872. The molecule has 1 unspecified atom stereocenters. The second-order valence-electron chi connectivity index (χ2n) is 9.11. The number of piperidine rings is 2. The molecular formula is C26H31Cl2N3O5. The normalized spacial score (nSPS) is 21.4. The van der Waals surface area contributed by atoms with Crippen LogP contribution < -0.4 is 24.8 Å². The van der Waals surface area contributed by atoms with Crippen molar-refractivity contribution in [1.82, 2.24) is 10.2 Å². The fourth-order valence-electron chi connectivity index (χ4n) is 5.30. The minimum Gasteiger partial charge on any atom is -0.493 e. The van der Waals surface area contributed by atoms with Gasteiger partial charge in [0, 0.05) is 23.7 Å². The molecule has 36 heavy (non-hydrogen) atoms. The molecule has 2 aromatic rings. The number of carbonyl (C=O) groups excluding carboxylic acids is 2. The van der Waals surface area contributed by atoms with Crippen LogP contribution in [0, 0.1) is 0 Å². The number of nitrogens with one attached hydrogen (secondary N) is 2. The van der Waals surface area contributed by atoms with E-state index in [2.05, 4.69) is 15.5 Å². The summed E-state index contributed by atoms with van der Waals surface area (Å²) in [6, 6.07) is 8.84. The second kappa shape index (κ2) is 11.6. The van der Waals surface area contributed by atoms with Crippen molar-refractivity contribution < 1.29 is 23.8 Å². The van der Waals surface area contributed by atoms with Gasteiger partial charge in [0.25, 0.3) is 5.91 Å². The van der Waals surface area contributed by atoms with Gasteiger partial charge in [0.05, 0.1) is 43.6 Å². The van der Waals surface area contributed by atoms with Crippen molar-refractivity contribution in [2.75, 3.05) is 33.2 Å². The number of fused-ring (bicyclic) bond motifs is 2. The smallest absolute Gasteiger partial charge is 0.251 e. The Morgan fingerprint density at radius 1 is 0.972 bits per heavy atom. The summed E-state index contributed by atoms with van der Waals surface area (Å²) in [6.07, 6.45) is 4.61. The molecule has 10 heteroatoms. The molecule has 2 N–H and O–H groups in total. The summed E-state index contributed by atoms with van der Waals surface area (Å²) in [5.74, 6) is 0.950. The Bertz CT molecular complexity index is 1070. The lowest BCUT2D eigenvalue weighted by molar-refractivity contribution is -0.120. The summed E-state index contributed by atoms with van der Waals surface area (Å²) in [7, 11) is 4.56. The molecule has 2 amide bonds. The van der Waals surface area contributed by atoms with Crippen LogP contribution in [0.2, 0.25) is 10.0 Å². The number of para-hydroxylation sites is 1. The number of carbonyl (C=O) groups is 2. The van der Waals surface area contributed by atoms with E-state index in [4.69, 9.17) is 37.4 Å². The van der Waals surface area contributed by atoms with Crippen LogP contribution in [0.25, 0.3) is 0 Å². The van der Waals surface area contributed by atoms with Crippen molar-refractivity contribution in [1.29, 1.82) is 0 Å². The van der Waals surface area contributed by atoms with E-state index in [1.165, 1.54) is 21.3 Å². The lowest BCUT2D eigenvalue weighted by Gasteiger charge is -2.48. The number of ether oxygens (including phenoxy) is 3. The van der Waals surface area contributed by atoms with Crippen LogP contribution in [-0.2, 0) is 4.79 Å². The van der Waals surface area contributed by atoms with E-state index in [0.717, 1.165) is 32.1 Å². The molecule has 2 saturated heterocycles. The summed E-state index contributed by atoms with van der Waals surface area (Å²) in [5, 5.41) is 6.86. The highest BCUT2D eigenvalue weighted by Gasteiger charge is 2.39. The van der Waals surface area contributed by atoms with E-state index in [0.29, 0.717) is 38.5 Å². The molecule has 4 rings (SSSR count). The number of halogens is 2. The molecule has 2 fully saturated rings. The monoisotopic (exact) mass is 535 g/mol. The predicted octanol–water partition coefficient (Wildman–Crippen LogP) is 4.77. The molecule has 2 aliphatic heterocycles. The summed E-state index contributed by atoms with van der Waals surface area (Å²) in [6.45, 7) is 0.254. The summed E-state index contributed by atoms with van der Waals surface area (Å²) < 4.78 is 16.1. The first-order valence-electron chi connectivity index (χ1n) is 11.9. The molecule has 8 nitrogen and oxygen atoms in total. The Kier molecular flexibility index (Phi) is 8.49. The van der Waals surface area contributed by atoms with Gasteiger partial charge < -0.3 is 24.8 Å². The number of hydrogen-bond donors (Lipinski definition) is 2. The third-order valence-electron chi connectivity index (χ3n) is 6.94. The molecule has 2 aromatic carbocycles. The quantitative estimate of drug-likeness (QED) is 0.505. The fourth-order valence-corrected chi connectivity index (χ4v) is 5.79. The maximum atomic E-state index is 13.1. The van der Waals surface area contributed by atoms with Crippen molar-refractivity contribution in [3.8, 4) is 17.2 Å². The van der Waals surface area contributed by atoms with Crippen LogP contribution in [-0.4, -0.2) is 62.7 Å². The Labute approximate surface area is 221 Å². The summed E-state index contributed by atoms with van der Waals surface area (Å²) in [4.78, 5) is 28.2. The van der Waals surface area contributed by atoms with Gasteiger partial charge in [-0.2, -0.15) is 0 Å². The van der Waals surface area contributed by atoms with Crippen LogP contribution in [0.3, 0.4) is 0 Å². The minimum absolute atomic E-state index is 0.00390. The SMILES string of the molecule is COc1cc(C(=O)NC2C[C@H]3CCC[C@@H](C2)N3CC(=O)Nc2c(Cl)cccc2Cl)cc(OC)c1OC. The van der Waals surface area contributed by atoms with Crippen molar-refractivity contribution in [2.24, 2.45) is 0 Å². The molecule has 0 aliphatic carbocycles. The molecule has 2 aliphatic rings. The first-order valence-corrected chi connectivity index (χ1v) is 12.7. The first-order chi connectivity index (χ1) is 17.3. The Morgan fingerprint density at radius 3 is 2.08 bits per heavy atom. The van der Waals surface area contributed by atoms with Crippen LogP contribution in [0.5, 0.6) is 17.2 Å². The van der Waals surface area contributed by atoms with Gasteiger partial charge in [-0.25, -0.2) is 0 Å². The maximum absolute atomic E-state index is 13.1. The van der Waals surface area contributed by atoms with Crippen molar-refractivity contribution >= 4 is 40.7 Å². The van der Waals surface area contributed by atoms with Gasteiger partial charge in [-0.3, -0.25) is 14.5 Å². The van der Waals surface area contributed by atoms with E-state index in [9.17, 15) is 9.59 Å². The van der Waals surface area contributed by atoms with Crippen molar-refractivity contribution in [3.05, 3.63) is 45.9 Å². The maximum Gasteiger partial charge on any atom is 0.251 e. The summed E-state index contributed by atoms with van der Waals surface area (Å²) >= 11 is 12.4. The number of rotatable bonds is 8. The average molecular weight is 536 g/mol. The number of hydrogen-bond acceptors (Lipinski definition) is 6. The topological polar surface area (TPSA) is 89.1 Å². The third kappa shape index (κ3) is 5.66. The zero-order valence-corrected chi connectivity index (χ0v) is 22.1. The number of nitrogens with zero attached hydrogens (tertiary/aromatic N) is 1. The lowest BCUT2D eigenvalue weighted by Crippen LogP contribution is -2.58. The number of benzene rings is 2. The van der Waals surface area contributed by atoms with Crippen LogP contribution in [0.4, 0.5) is 5.69 Å². The molecule has 2 heterocycles. The van der Waals surface area contributed by atoms with E-state index >= 15 is 0 Å². The highest BCUT2D eigenvalue weighted by atomic mass is 35.5. The molecule has 2 bridgehead atoms. The minimum atomic E-state index is -0.197. The van der Waals surface area contributed by atoms with Crippen LogP contribution >= 0.6 is 23.2 Å².